The first-order chi connectivity index (χ1) is 8.84. The van der Waals surface area contributed by atoms with Crippen LogP contribution in [0.5, 0.6) is 0 Å². The Kier molecular flexibility index (Phi) is 5.55. The summed E-state index contributed by atoms with van der Waals surface area (Å²) in [5, 5.41) is 3.43. The molecule has 0 saturated carbocycles. The Balaban J connectivity index is 2.92. The summed E-state index contributed by atoms with van der Waals surface area (Å²) in [6.45, 7) is 16.4. The molecule has 0 unspecified atom stereocenters. The molecule has 0 aliphatic heterocycles. The van der Waals surface area contributed by atoms with Gasteiger partial charge in [0.2, 0.25) is 0 Å². The largest absolute Gasteiger partial charge is 0.348 e. The van der Waals surface area contributed by atoms with Gasteiger partial charge in [0.1, 0.15) is 5.82 Å². The van der Waals surface area contributed by atoms with E-state index in [2.05, 4.69) is 68.5 Å². The molecule has 0 atom stereocenters. The van der Waals surface area contributed by atoms with Gasteiger partial charge in [-0.05, 0) is 38.5 Å². The zero-order valence-corrected chi connectivity index (χ0v) is 12.9. The predicted octanol–water partition coefficient (Wildman–Crippen LogP) is 3.37. The molecule has 0 aliphatic carbocycles. The monoisotopic (exact) mass is 261 g/mol. The third-order valence-electron chi connectivity index (χ3n) is 2.92. The molecule has 0 aromatic carbocycles. The van der Waals surface area contributed by atoms with Gasteiger partial charge in [0.05, 0.1) is 0 Å². The van der Waals surface area contributed by atoms with E-state index in [-0.39, 0.29) is 5.54 Å². The molecular formula is C16H27N3. The van der Waals surface area contributed by atoms with E-state index >= 15 is 0 Å². The molecule has 1 aromatic rings. The average molecular weight is 261 g/mol. The van der Waals surface area contributed by atoms with Crippen molar-refractivity contribution in [3.05, 3.63) is 36.5 Å². The summed E-state index contributed by atoms with van der Waals surface area (Å²) >= 11 is 0. The molecule has 3 nitrogen and oxygen atoms in total. The van der Waals surface area contributed by atoms with E-state index < -0.39 is 0 Å². The summed E-state index contributed by atoms with van der Waals surface area (Å²) in [4.78, 5) is 6.77. The minimum atomic E-state index is 0.0330. The summed E-state index contributed by atoms with van der Waals surface area (Å²) in [6.07, 6.45) is 3.81. The van der Waals surface area contributed by atoms with E-state index in [1.165, 1.54) is 5.56 Å². The lowest BCUT2D eigenvalue weighted by Gasteiger charge is -2.36. The molecule has 0 fully saturated rings. The summed E-state index contributed by atoms with van der Waals surface area (Å²) in [5.74, 6) is 1.01. The lowest BCUT2D eigenvalue weighted by molar-refractivity contribution is 0.516. The van der Waals surface area contributed by atoms with Crippen molar-refractivity contribution in [1.82, 2.24) is 10.3 Å². The van der Waals surface area contributed by atoms with Gasteiger partial charge in [-0.25, -0.2) is 4.98 Å². The van der Waals surface area contributed by atoms with Crippen molar-refractivity contribution in [2.75, 3.05) is 11.4 Å². The molecule has 0 bridgehead atoms. The van der Waals surface area contributed by atoms with Crippen LogP contribution in [0, 0.1) is 0 Å². The van der Waals surface area contributed by atoms with Crippen LogP contribution in [0.25, 0.3) is 0 Å². The summed E-state index contributed by atoms with van der Waals surface area (Å²) in [6, 6.07) is 4.71. The van der Waals surface area contributed by atoms with E-state index in [4.69, 9.17) is 0 Å². The zero-order chi connectivity index (χ0) is 14.5. The molecule has 1 aromatic heterocycles. The second-order valence-corrected chi connectivity index (χ2v) is 6.13. The van der Waals surface area contributed by atoms with Crippen LogP contribution in [0.3, 0.4) is 0 Å². The third kappa shape index (κ3) is 5.03. The number of pyridine rings is 1. The highest BCUT2D eigenvalue weighted by atomic mass is 15.2. The second-order valence-electron chi connectivity index (χ2n) is 6.13. The van der Waals surface area contributed by atoms with Gasteiger partial charge in [-0.2, -0.15) is 0 Å². The Labute approximate surface area is 117 Å². The van der Waals surface area contributed by atoms with E-state index in [1.54, 1.807) is 0 Å². The molecule has 1 heterocycles. The fraction of sp³-hybridized carbons (Fsp3) is 0.562. The SMILES string of the molecule is C=CCN(c1cc(CNC(C)C)ccn1)C(C)(C)C. The topological polar surface area (TPSA) is 28.2 Å². The van der Waals surface area contributed by atoms with Gasteiger partial charge in [0.25, 0.3) is 0 Å². The van der Waals surface area contributed by atoms with Crippen molar-refractivity contribution >= 4 is 5.82 Å². The Hall–Kier alpha value is -1.35. The molecule has 106 valence electrons. The normalized spacial score (nSPS) is 11.7. The van der Waals surface area contributed by atoms with Crippen LogP contribution in [0.2, 0.25) is 0 Å². The minimum absolute atomic E-state index is 0.0330. The maximum absolute atomic E-state index is 4.50. The van der Waals surface area contributed by atoms with E-state index in [1.807, 2.05) is 12.3 Å². The van der Waals surface area contributed by atoms with Crippen LogP contribution < -0.4 is 10.2 Å². The Morgan fingerprint density at radius 2 is 2.11 bits per heavy atom. The highest BCUT2D eigenvalue weighted by Crippen LogP contribution is 2.22. The fourth-order valence-electron chi connectivity index (χ4n) is 1.88. The molecule has 1 rings (SSSR count). The van der Waals surface area contributed by atoms with Crippen LogP contribution in [-0.2, 0) is 6.54 Å². The number of aromatic nitrogens is 1. The van der Waals surface area contributed by atoms with Gasteiger partial charge >= 0.3 is 0 Å². The summed E-state index contributed by atoms with van der Waals surface area (Å²) in [7, 11) is 0. The first-order valence-electron chi connectivity index (χ1n) is 6.91. The number of hydrogen-bond acceptors (Lipinski definition) is 3. The summed E-state index contributed by atoms with van der Waals surface area (Å²) < 4.78 is 0. The van der Waals surface area contributed by atoms with Gasteiger partial charge in [0.15, 0.2) is 0 Å². The van der Waals surface area contributed by atoms with Gasteiger partial charge < -0.3 is 10.2 Å². The van der Waals surface area contributed by atoms with Crippen molar-refractivity contribution in [3.8, 4) is 0 Å². The Morgan fingerprint density at radius 1 is 1.42 bits per heavy atom. The zero-order valence-electron chi connectivity index (χ0n) is 12.9. The van der Waals surface area contributed by atoms with E-state index in [9.17, 15) is 0 Å². The van der Waals surface area contributed by atoms with Gasteiger partial charge in [-0.15, -0.1) is 6.58 Å². The van der Waals surface area contributed by atoms with Crippen LogP contribution >= 0.6 is 0 Å². The van der Waals surface area contributed by atoms with Gasteiger partial charge in [0, 0.05) is 30.9 Å². The smallest absolute Gasteiger partial charge is 0.129 e. The highest BCUT2D eigenvalue weighted by molar-refractivity contribution is 5.44. The number of anilines is 1. The molecule has 0 aliphatic rings. The van der Waals surface area contributed by atoms with Crippen molar-refractivity contribution < 1.29 is 0 Å². The molecule has 0 radical (unpaired) electrons. The van der Waals surface area contributed by atoms with Crippen molar-refractivity contribution in [3.63, 3.8) is 0 Å². The maximum atomic E-state index is 4.50. The Morgan fingerprint density at radius 3 is 2.63 bits per heavy atom. The molecule has 1 N–H and O–H groups in total. The fourth-order valence-corrected chi connectivity index (χ4v) is 1.88. The van der Waals surface area contributed by atoms with Crippen LogP contribution in [-0.4, -0.2) is 23.1 Å². The molecule has 0 saturated heterocycles. The van der Waals surface area contributed by atoms with Crippen molar-refractivity contribution in [2.45, 2.75) is 52.7 Å². The van der Waals surface area contributed by atoms with Crippen LogP contribution in [0.15, 0.2) is 31.0 Å². The van der Waals surface area contributed by atoms with Gasteiger partial charge in [-0.3, -0.25) is 0 Å². The number of hydrogen-bond donors (Lipinski definition) is 1. The lowest BCUT2D eigenvalue weighted by atomic mass is 10.1. The molecule has 0 spiro atoms. The second kappa shape index (κ2) is 6.71. The van der Waals surface area contributed by atoms with Crippen LogP contribution in [0.1, 0.15) is 40.2 Å². The number of nitrogens with one attached hydrogen (secondary N) is 1. The average Bonchev–Trinajstić information content (AvgIpc) is 2.32. The van der Waals surface area contributed by atoms with Crippen molar-refractivity contribution in [2.24, 2.45) is 0 Å². The lowest BCUT2D eigenvalue weighted by Crippen LogP contribution is -2.42. The first kappa shape index (κ1) is 15.7. The van der Waals surface area contributed by atoms with E-state index in [0.717, 1.165) is 18.9 Å². The summed E-state index contributed by atoms with van der Waals surface area (Å²) in [5.41, 5.74) is 1.29. The van der Waals surface area contributed by atoms with Crippen LogP contribution in [0.4, 0.5) is 5.82 Å². The molecule has 3 heteroatoms. The Bertz CT molecular complexity index is 405. The van der Waals surface area contributed by atoms with Gasteiger partial charge in [-0.1, -0.05) is 19.9 Å². The molecular weight excluding hydrogens is 234 g/mol. The third-order valence-corrected chi connectivity index (χ3v) is 2.92. The highest BCUT2D eigenvalue weighted by Gasteiger charge is 2.21. The van der Waals surface area contributed by atoms with Crippen molar-refractivity contribution in [1.29, 1.82) is 0 Å². The van der Waals surface area contributed by atoms with E-state index in [0.29, 0.717) is 6.04 Å². The predicted molar refractivity (Wildman–Crippen MR) is 83.5 cm³/mol. The minimum Gasteiger partial charge on any atom is -0.348 e. The quantitative estimate of drug-likeness (QED) is 0.796. The number of nitrogens with zero attached hydrogens (tertiary/aromatic N) is 2. The molecule has 19 heavy (non-hydrogen) atoms. The number of rotatable bonds is 6. The first-order valence-corrected chi connectivity index (χ1v) is 6.91. The maximum Gasteiger partial charge on any atom is 0.129 e. The standard InChI is InChI=1S/C16H27N3/c1-7-10-19(16(4,5)6)15-11-14(8-9-17-15)12-18-13(2)3/h7-9,11,13,18H,1,10,12H2,2-6H3. The molecule has 0 amide bonds.